The number of carboxylic acids is 1. The van der Waals surface area contributed by atoms with Crippen molar-refractivity contribution in [2.24, 2.45) is 0 Å². The fraction of sp³-hybridized carbons (Fsp3) is 0.214. The van der Waals surface area contributed by atoms with Gasteiger partial charge in [-0.3, -0.25) is 0 Å². The molecule has 1 aromatic carbocycles. The number of carbonyl (C=O) groups is 1. The van der Waals surface area contributed by atoms with Crippen LogP contribution in [0.15, 0.2) is 24.3 Å². The molecule has 0 unspecified atom stereocenters. The molecule has 0 saturated carbocycles. The number of hydrogen-bond acceptors (Lipinski definition) is 4. The fourth-order valence-electron chi connectivity index (χ4n) is 1.86. The van der Waals surface area contributed by atoms with Crippen LogP contribution in [-0.4, -0.2) is 28.2 Å². The second-order valence-corrected chi connectivity index (χ2v) is 4.18. The van der Waals surface area contributed by atoms with Gasteiger partial charge in [0.05, 0.1) is 12.8 Å². The van der Waals surface area contributed by atoms with Gasteiger partial charge in [-0.25, -0.2) is 14.8 Å². The molecule has 5 nitrogen and oxygen atoms in total. The zero-order valence-corrected chi connectivity index (χ0v) is 11.0. The number of carboxylic acid groups (broad SMARTS) is 1. The molecule has 0 aliphatic rings. The number of hydrogen-bond donors (Lipinski definition) is 1. The second kappa shape index (κ2) is 5.06. The summed E-state index contributed by atoms with van der Waals surface area (Å²) in [4.78, 5) is 19.1. The monoisotopic (exact) mass is 258 g/mol. The fourth-order valence-corrected chi connectivity index (χ4v) is 1.86. The molecule has 0 fully saturated rings. The Balaban J connectivity index is 2.52. The van der Waals surface area contributed by atoms with Crippen LogP contribution >= 0.6 is 0 Å². The lowest BCUT2D eigenvalue weighted by molar-refractivity contribution is 0.0690. The third-order valence-electron chi connectivity index (χ3n) is 2.75. The van der Waals surface area contributed by atoms with Gasteiger partial charge in [0, 0.05) is 5.56 Å². The van der Waals surface area contributed by atoms with Crippen molar-refractivity contribution in [1.82, 2.24) is 9.97 Å². The minimum Gasteiger partial charge on any atom is -0.496 e. The van der Waals surface area contributed by atoms with Gasteiger partial charge in [-0.15, -0.1) is 0 Å². The molecular formula is C14H14N2O3. The lowest BCUT2D eigenvalue weighted by Crippen LogP contribution is -2.04. The highest BCUT2D eigenvalue weighted by molar-refractivity contribution is 5.86. The molecule has 1 heterocycles. The summed E-state index contributed by atoms with van der Waals surface area (Å²) in [7, 11) is 1.61. The first-order chi connectivity index (χ1) is 9.01. The first-order valence-electron chi connectivity index (χ1n) is 5.75. The van der Waals surface area contributed by atoms with Gasteiger partial charge in [0.25, 0.3) is 0 Å². The van der Waals surface area contributed by atoms with Crippen molar-refractivity contribution in [3.8, 4) is 17.0 Å². The molecule has 1 N–H and O–H groups in total. The Morgan fingerprint density at radius 2 is 1.95 bits per heavy atom. The molecule has 0 spiro atoms. The summed E-state index contributed by atoms with van der Waals surface area (Å²) in [6, 6.07) is 7.06. The highest BCUT2D eigenvalue weighted by Crippen LogP contribution is 2.25. The van der Waals surface area contributed by atoms with E-state index in [1.807, 2.05) is 25.1 Å². The number of aryl methyl sites for hydroxylation is 2. The smallest absolute Gasteiger partial charge is 0.354 e. The standard InChI is InChI=1S/C14H14N2O3/c1-8-6-10(4-5-13(8)19-3)11-7-12(14(17)18)16-9(2)15-11/h4-7H,1-3H3,(H,17,18). The Morgan fingerprint density at radius 1 is 1.21 bits per heavy atom. The molecule has 0 radical (unpaired) electrons. The van der Waals surface area contributed by atoms with Gasteiger partial charge in [-0.1, -0.05) is 0 Å². The number of aromatic nitrogens is 2. The second-order valence-electron chi connectivity index (χ2n) is 4.18. The van der Waals surface area contributed by atoms with Gasteiger partial charge in [0.2, 0.25) is 0 Å². The SMILES string of the molecule is COc1ccc(-c2cc(C(=O)O)nc(C)n2)cc1C. The highest BCUT2D eigenvalue weighted by Gasteiger charge is 2.10. The van der Waals surface area contributed by atoms with E-state index in [1.54, 1.807) is 14.0 Å². The quantitative estimate of drug-likeness (QED) is 0.915. The molecule has 2 rings (SSSR count). The highest BCUT2D eigenvalue weighted by atomic mass is 16.5. The number of ether oxygens (including phenoxy) is 1. The van der Waals surface area contributed by atoms with Gasteiger partial charge < -0.3 is 9.84 Å². The first-order valence-corrected chi connectivity index (χ1v) is 5.75. The molecular weight excluding hydrogens is 244 g/mol. The summed E-state index contributed by atoms with van der Waals surface area (Å²) >= 11 is 0. The number of aromatic carboxylic acids is 1. The normalized spacial score (nSPS) is 10.3. The van der Waals surface area contributed by atoms with Crippen LogP contribution in [-0.2, 0) is 0 Å². The predicted molar refractivity (Wildman–Crippen MR) is 70.5 cm³/mol. The summed E-state index contributed by atoms with van der Waals surface area (Å²) in [6.45, 7) is 3.60. The van der Waals surface area contributed by atoms with E-state index in [1.165, 1.54) is 6.07 Å². The van der Waals surface area contributed by atoms with Crippen molar-refractivity contribution in [1.29, 1.82) is 0 Å². The molecule has 98 valence electrons. The molecule has 5 heteroatoms. The Morgan fingerprint density at radius 3 is 2.53 bits per heavy atom. The molecule has 0 amide bonds. The molecule has 1 aromatic heterocycles. The van der Waals surface area contributed by atoms with E-state index >= 15 is 0 Å². The molecule has 19 heavy (non-hydrogen) atoms. The van der Waals surface area contributed by atoms with E-state index in [0.29, 0.717) is 11.5 Å². The molecule has 0 aliphatic heterocycles. The molecule has 0 bridgehead atoms. The van der Waals surface area contributed by atoms with Crippen LogP contribution < -0.4 is 4.74 Å². The van der Waals surface area contributed by atoms with Crippen LogP contribution in [0.25, 0.3) is 11.3 Å². The first kappa shape index (κ1) is 13.0. The van der Waals surface area contributed by atoms with Gasteiger partial charge in [0.15, 0.2) is 5.69 Å². The molecule has 0 aliphatic carbocycles. The maximum absolute atomic E-state index is 11.0. The number of methoxy groups -OCH3 is 1. The van der Waals surface area contributed by atoms with E-state index in [0.717, 1.165) is 16.9 Å². The lowest BCUT2D eigenvalue weighted by atomic mass is 10.1. The van der Waals surface area contributed by atoms with Gasteiger partial charge in [-0.05, 0) is 43.7 Å². The number of benzene rings is 1. The summed E-state index contributed by atoms with van der Waals surface area (Å²) in [5.74, 6) is 0.161. The van der Waals surface area contributed by atoms with Crippen LogP contribution in [0.1, 0.15) is 21.9 Å². The van der Waals surface area contributed by atoms with E-state index in [2.05, 4.69) is 9.97 Å². The van der Waals surface area contributed by atoms with Gasteiger partial charge in [0.1, 0.15) is 11.6 Å². The Hall–Kier alpha value is -2.43. The van der Waals surface area contributed by atoms with Crippen molar-refractivity contribution in [2.75, 3.05) is 7.11 Å². The van der Waals surface area contributed by atoms with Crippen LogP contribution in [0.4, 0.5) is 0 Å². The summed E-state index contributed by atoms with van der Waals surface area (Å²) in [5.41, 5.74) is 2.39. The van der Waals surface area contributed by atoms with E-state index < -0.39 is 5.97 Å². The summed E-state index contributed by atoms with van der Waals surface area (Å²) < 4.78 is 5.19. The predicted octanol–water partition coefficient (Wildman–Crippen LogP) is 2.47. The Kier molecular flexibility index (Phi) is 3.46. The average Bonchev–Trinajstić information content (AvgIpc) is 2.37. The van der Waals surface area contributed by atoms with Crippen molar-refractivity contribution >= 4 is 5.97 Å². The average molecular weight is 258 g/mol. The number of nitrogens with zero attached hydrogens (tertiary/aromatic N) is 2. The van der Waals surface area contributed by atoms with Crippen LogP contribution in [0.2, 0.25) is 0 Å². The van der Waals surface area contributed by atoms with Crippen LogP contribution in [0.5, 0.6) is 5.75 Å². The molecule has 0 atom stereocenters. The Labute approximate surface area is 110 Å². The third-order valence-corrected chi connectivity index (χ3v) is 2.75. The van der Waals surface area contributed by atoms with E-state index in [9.17, 15) is 4.79 Å². The topological polar surface area (TPSA) is 72.3 Å². The van der Waals surface area contributed by atoms with Crippen molar-refractivity contribution in [3.63, 3.8) is 0 Å². The summed E-state index contributed by atoms with van der Waals surface area (Å²) in [5, 5.41) is 9.01. The Bertz CT molecular complexity index is 639. The molecule has 0 saturated heterocycles. The largest absolute Gasteiger partial charge is 0.496 e. The summed E-state index contributed by atoms with van der Waals surface area (Å²) in [6.07, 6.45) is 0. The van der Waals surface area contributed by atoms with E-state index in [4.69, 9.17) is 9.84 Å². The lowest BCUT2D eigenvalue weighted by Gasteiger charge is -2.08. The zero-order chi connectivity index (χ0) is 14.0. The number of rotatable bonds is 3. The minimum atomic E-state index is -1.06. The van der Waals surface area contributed by atoms with Crippen molar-refractivity contribution < 1.29 is 14.6 Å². The van der Waals surface area contributed by atoms with Crippen LogP contribution in [0, 0.1) is 13.8 Å². The zero-order valence-electron chi connectivity index (χ0n) is 11.0. The third kappa shape index (κ3) is 2.70. The maximum Gasteiger partial charge on any atom is 0.354 e. The van der Waals surface area contributed by atoms with Gasteiger partial charge in [-0.2, -0.15) is 0 Å². The van der Waals surface area contributed by atoms with Gasteiger partial charge >= 0.3 is 5.97 Å². The van der Waals surface area contributed by atoms with Crippen molar-refractivity contribution in [3.05, 3.63) is 41.3 Å². The van der Waals surface area contributed by atoms with Crippen molar-refractivity contribution in [2.45, 2.75) is 13.8 Å². The minimum absolute atomic E-state index is 0.00373. The van der Waals surface area contributed by atoms with Crippen LogP contribution in [0.3, 0.4) is 0 Å². The van der Waals surface area contributed by atoms with E-state index in [-0.39, 0.29) is 5.69 Å². The molecule has 2 aromatic rings. The maximum atomic E-state index is 11.0.